The molecule has 0 saturated heterocycles. The third-order valence-corrected chi connectivity index (χ3v) is 2.85. The fourth-order valence-electron chi connectivity index (χ4n) is 1.63. The molecule has 0 atom stereocenters. The molecule has 0 saturated carbocycles. The molecule has 6 heteroatoms. The lowest BCUT2D eigenvalue weighted by Crippen LogP contribution is -2.01. The molecular weight excluding hydrogens is 273 g/mol. The van der Waals surface area contributed by atoms with Crippen LogP contribution in [0, 0.1) is 5.82 Å². The van der Waals surface area contributed by atoms with Crippen LogP contribution in [0.25, 0.3) is 11.5 Å². The number of carboxylic acid groups (broad SMARTS) is 1. The molecule has 2 rings (SSSR count). The Morgan fingerprint density at radius 1 is 1.47 bits per heavy atom. The normalized spacial score (nSPS) is 11.0. The summed E-state index contributed by atoms with van der Waals surface area (Å²) in [4.78, 5) is 15.2. The van der Waals surface area contributed by atoms with E-state index in [-0.39, 0.29) is 22.6 Å². The van der Waals surface area contributed by atoms with E-state index in [2.05, 4.69) is 4.98 Å². The van der Waals surface area contributed by atoms with E-state index < -0.39 is 11.8 Å². The summed E-state index contributed by atoms with van der Waals surface area (Å²) in [5, 5.41) is 8.98. The predicted octanol–water partition coefficient (Wildman–Crippen LogP) is 3.96. The first-order valence-electron chi connectivity index (χ1n) is 5.59. The molecule has 1 aromatic carbocycles. The maximum absolute atomic E-state index is 13.1. The van der Waals surface area contributed by atoms with Crippen LogP contribution < -0.4 is 0 Å². The molecule has 0 bridgehead atoms. The van der Waals surface area contributed by atoms with Crippen LogP contribution in [0.4, 0.5) is 4.39 Å². The standard InChI is InChI=1S/C13H11ClFNO3/c1-6(2)10-11(13(17)18)19-12(16-10)7-3-4-9(15)8(14)5-7/h3-6H,1-2H3,(H,17,18). The summed E-state index contributed by atoms with van der Waals surface area (Å²) in [7, 11) is 0. The second-order valence-electron chi connectivity index (χ2n) is 4.32. The van der Waals surface area contributed by atoms with Crippen molar-refractivity contribution in [3.63, 3.8) is 0 Å². The molecule has 0 aliphatic heterocycles. The van der Waals surface area contributed by atoms with Crippen LogP contribution in [0.1, 0.15) is 36.0 Å². The lowest BCUT2D eigenvalue weighted by molar-refractivity contribution is 0.0661. The van der Waals surface area contributed by atoms with Crippen LogP contribution in [0.5, 0.6) is 0 Å². The zero-order chi connectivity index (χ0) is 14.2. The number of rotatable bonds is 3. The van der Waals surface area contributed by atoms with Gasteiger partial charge in [0.2, 0.25) is 11.7 Å². The molecule has 0 aliphatic carbocycles. The van der Waals surface area contributed by atoms with Gasteiger partial charge in [-0.3, -0.25) is 0 Å². The minimum absolute atomic E-state index is 0.0707. The van der Waals surface area contributed by atoms with Crippen molar-refractivity contribution in [2.24, 2.45) is 0 Å². The van der Waals surface area contributed by atoms with Gasteiger partial charge in [0, 0.05) is 5.56 Å². The van der Waals surface area contributed by atoms with Crippen LogP contribution in [-0.2, 0) is 0 Å². The Morgan fingerprint density at radius 2 is 2.16 bits per heavy atom. The van der Waals surface area contributed by atoms with Crippen LogP contribution in [0.3, 0.4) is 0 Å². The fraction of sp³-hybridized carbons (Fsp3) is 0.231. The van der Waals surface area contributed by atoms with E-state index in [4.69, 9.17) is 21.1 Å². The highest BCUT2D eigenvalue weighted by molar-refractivity contribution is 6.31. The van der Waals surface area contributed by atoms with Crippen molar-refractivity contribution in [3.05, 3.63) is 40.5 Å². The van der Waals surface area contributed by atoms with Crippen LogP contribution in [-0.4, -0.2) is 16.1 Å². The molecule has 100 valence electrons. The van der Waals surface area contributed by atoms with E-state index in [0.29, 0.717) is 11.3 Å². The SMILES string of the molecule is CC(C)c1nc(-c2ccc(F)c(Cl)c2)oc1C(=O)O. The van der Waals surface area contributed by atoms with Crippen LogP contribution in [0.2, 0.25) is 5.02 Å². The lowest BCUT2D eigenvalue weighted by atomic mass is 10.1. The van der Waals surface area contributed by atoms with Gasteiger partial charge in [-0.25, -0.2) is 14.2 Å². The van der Waals surface area contributed by atoms with Crippen molar-refractivity contribution < 1.29 is 18.7 Å². The van der Waals surface area contributed by atoms with Gasteiger partial charge < -0.3 is 9.52 Å². The summed E-state index contributed by atoms with van der Waals surface area (Å²) in [5.41, 5.74) is 0.781. The quantitative estimate of drug-likeness (QED) is 0.926. The third kappa shape index (κ3) is 2.61. The molecule has 0 radical (unpaired) electrons. The smallest absolute Gasteiger partial charge is 0.373 e. The summed E-state index contributed by atoms with van der Waals surface area (Å²) >= 11 is 5.67. The molecule has 0 fully saturated rings. The van der Waals surface area contributed by atoms with Crippen molar-refractivity contribution >= 4 is 17.6 Å². The molecule has 2 aromatic rings. The summed E-state index contributed by atoms with van der Waals surface area (Å²) in [6.07, 6.45) is 0. The van der Waals surface area contributed by atoms with E-state index >= 15 is 0 Å². The number of carbonyl (C=O) groups is 1. The minimum atomic E-state index is -1.18. The highest BCUT2D eigenvalue weighted by Gasteiger charge is 2.22. The van der Waals surface area contributed by atoms with Gasteiger partial charge in [-0.15, -0.1) is 0 Å². The number of aromatic nitrogens is 1. The second-order valence-corrected chi connectivity index (χ2v) is 4.73. The Morgan fingerprint density at radius 3 is 2.63 bits per heavy atom. The molecule has 0 amide bonds. The predicted molar refractivity (Wildman–Crippen MR) is 68.0 cm³/mol. The van der Waals surface area contributed by atoms with Gasteiger partial charge in [-0.2, -0.15) is 0 Å². The van der Waals surface area contributed by atoms with Crippen LogP contribution in [0.15, 0.2) is 22.6 Å². The monoisotopic (exact) mass is 283 g/mol. The van der Waals surface area contributed by atoms with Crippen molar-refractivity contribution in [2.75, 3.05) is 0 Å². The number of halogens is 2. The Bertz CT molecular complexity index is 637. The lowest BCUT2D eigenvalue weighted by Gasteiger charge is -1.98. The first-order valence-corrected chi connectivity index (χ1v) is 5.97. The highest BCUT2D eigenvalue weighted by atomic mass is 35.5. The van der Waals surface area contributed by atoms with Crippen LogP contribution >= 0.6 is 11.6 Å². The summed E-state index contributed by atoms with van der Waals surface area (Å²) in [6.45, 7) is 3.62. The molecule has 1 aromatic heterocycles. The van der Waals surface area contributed by atoms with Gasteiger partial charge in [0.25, 0.3) is 0 Å². The molecule has 0 aliphatic rings. The zero-order valence-corrected chi connectivity index (χ0v) is 11.0. The van der Waals surface area contributed by atoms with Gasteiger partial charge in [-0.05, 0) is 24.1 Å². The highest BCUT2D eigenvalue weighted by Crippen LogP contribution is 2.28. The Labute approximate surface area is 113 Å². The van der Waals surface area contributed by atoms with Crippen molar-refractivity contribution in [1.29, 1.82) is 0 Å². The first kappa shape index (κ1) is 13.5. The van der Waals surface area contributed by atoms with Gasteiger partial charge in [0.15, 0.2) is 0 Å². The zero-order valence-electron chi connectivity index (χ0n) is 10.3. The molecular formula is C13H11ClFNO3. The van der Waals surface area contributed by atoms with Gasteiger partial charge in [0.05, 0.1) is 10.7 Å². The van der Waals surface area contributed by atoms with Gasteiger partial charge in [0.1, 0.15) is 5.82 Å². The van der Waals surface area contributed by atoms with E-state index in [0.717, 1.165) is 0 Å². The molecule has 0 unspecified atom stereocenters. The van der Waals surface area contributed by atoms with Crippen molar-refractivity contribution in [1.82, 2.24) is 4.98 Å². The number of nitrogens with zero attached hydrogens (tertiary/aromatic N) is 1. The van der Waals surface area contributed by atoms with Gasteiger partial charge in [-0.1, -0.05) is 25.4 Å². The second kappa shape index (κ2) is 5.01. The number of hydrogen-bond acceptors (Lipinski definition) is 3. The number of carboxylic acids is 1. The topological polar surface area (TPSA) is 63.3 Å². The number of benzene rings is 1. The first-order chi connectivity index (χ1) is 8.90. The Kier molecular flexibility index (Phi) is 3.57. The van der Waals surface area contributed by atoms with Gasteiger partial charge >= 0.3 is 5.97 Å². The maximum Gasteiger partial charge on any atom is 0.373 e. The number of oxazole rings is 1. The molecule has 0 spiro atoms. The number of hydrogen-bond donors (Lipinski definition) is 1. The van der Waals surface area contributed by atoms with E-state index in [1.807, 2.05) is 13.8 Å². The summed E-state index contributed by atoms with van der Waals surface area (Å²) in [5.74, 6) is -1.93. The van der Waals surface area contributed by atoms with E-state index in [1.165, 1.54) is 18.2 Å². The molecule has 1 heterocycles. The van der Waals surface area contributed by atoms with E-state index in [9.17, 15) is 9.18 Å². The van der Waals surface area contributed by atoms with Crippen molar-refractivity contribution in [2.45, 2.75) is 19.8 Å². The average Bonchev–Trinajstić information content (AvgIpc) is 2.78. The summed E-state index contributed by atoms with van der Waals surface area (Å²) < 4.78 is 18.3. The molecule has 19 heavy (non-hydrogen) atoms. The number of aromatic carboxylic acids is 1. The third-order valence-electron chi connectivity index (χ3n) is 2.56. The Hall–Kier alpha value is -1.88. The maximum atomic E-state index is 13.1. The Balaban J connectivity index is 2.54. The summed E-state index contributed by atoms with van der Waals surface area (Å²) in [6, 6.07) is 3.96. The largest absolute Gasteiger partial charge is 0.475 e. The molecule has 1 N–H and O–H groups in total. The van der Waals surface area contributed by atoms with E-state index in [1.54, 1.807) is 0 Å². The average molecular weight is 284 g/mol. The minimum Gasteiger partial charge on any atom is -0.475 e. The fourth-order valence-corrected chi connectivity index (χ4v) is 1.81. The van der Waals surface area contributed by atoms with Crippen molar-refractivity contribution in [3.8, 4) is 11.5 Å². The molecule has 4 nitrogen and oxygen atoms in total.